The van der Waals surface area contributed by atoms with Crippen LogP contribution in [0.1, 0.15) is 23.2 Å². The number of aromatic nitrogens is 1. The molecule has 5 heteroatoms. The number of ether oxygens (including phenoxy) is 1. The maximum Gasteiger partial charge on any atom is 0.260 e. The first-order chi connectivity index (χ1) is 10.3. The Morgan fingerprint density at radius 2 is 2.05 bits per heavy atom. The van der Waals surface area contributed by atoms with Gasteiger partial charge in [-0.25, -0.2) is 4.98 Å². The Labute approximate surface area is 123 Å². The van der Waals surface area contributed by atoms with E-state index < -0.39 is 0 Å². The zero-order chi connectivity index (χ0) is 14.7. The van der Waals surface area contributed by atoms with E-state index in [2.05, 4.69) is 15.6 Å². The number of nitrogens with one attached hydrogen (secondary N) is 2. The standard InChI is InChI=1S/C16H17N3O2/c1-21-14-5-3-2-4-13(14)16(20)19-15-9-8-12(10-17-15)18-11-6-7-11/h2-5,8-11,18H,6-7H2,1H3,(H,17,19,20). The van der Waals surface area contributed by atoms with Crippen molar-refractivity contribution in [1.82, 2.24) is 4.98 Å². The molecule has 1 aliphatic rings. The van der Waals surface area contributed by atoms with Crippen molar-refractivity contribution in [1.29, 1.82) is 0 Å². The highest BCUT2D eigenvalue weighted by atomic mass is 16.5. The molecule has 1 heterocycles. The van der Waals surface area contributed by atoms with E-state index in [4.69, 9.17) is 4.74 Å². The SMILES string of the molecule is COc1ccccc1C(=O)Nc1ccc(NC2CC2)cn1. The van der Waals surface area contributed by atoms with Crippen molar-refractivity contribution in [3.8, 4) is 5.75 Å². The second-order valence-electron chi connectivity index (χ2n) is 5.01. The molecule has 3 rings (SSSR count). The minimum Gasteiger partial charge on any atom is -0.496 e. The fraction of sp³-hybridized carbons (Fsp3) is 0.250. The maximum atomic E-state index is 12.2. The molecule has 108 valence electrons. The lowest BCUT2D eigenvalue weighted by molar-refractivity contribution is 0.102. The molecule has 2 N–H and O–H groups in total. The minimum atomic E-state index is -0.233. The van der Waals surface area contributed by atoms with Crippen molar-refractivity contribution in [2.75, 3.05) is 17.7 Å². The molecule has 0 atom stereocenters. The fourth-order valence-electron chi connectivity index (χ4n) is 2.03. The zero-order valence-electron chi connectivity index (χ0n) is 11.8. The molecule has 1 aromatic heterocycles. The number of amides is 1. The van der Waals surface area contributed by atoms with Gasteiger partial charge in [-0.2, -0.15) is 0 Å². The summed E-state index contributed by atoms with van der Waals surface area (Å²) in [5.41, 5.74) is 1.47. The Bertz CT molecular complexity index is 636. The van der Waals surface area contributed by atoms with Crippen LogP contribution in [0.4, 0.5) is 11.5 Å². The Morgan fingerprint density at radius 1 is 1.24 bits per heavy atom. The van der Waals surface area contributed by atoms with Gasteiger partial charge in [0.15, 0.2) is 0 Å². The average Bonchev–Trinajstić information content (AvgIpc) is 3.33. The van der Waals surface area contributed by atoms with E-state index in [0.29, 0.717) is 23.2 Å². The summed E-state index contributed by atoms with van der Waals surface area (Å²) >= 11 is 0. The molecular formula is C16H17N3O2. The minimum absolute atomic E-state index is 0.233. The van der Waals surface area contributed by atoms with Crippen LogP contribution in [0.3, 0.4) is 0 Å². The van der Waals surface area contributed by atoms with Crippen LogP contribution in [0.2, 0.25) is 0 Å². The average molecular weight is 283 g/mol. The Morgan fingerprint density at radius 3 is 2.71 bits per heavy atom. The highest BCUT2D eigenvalue weighted by Gasteiger charge is 2.20. The van der Waals surface area contributed by atoms with E-state index in [9.17, 15) is 4.79 Å². The van der Waals surface area contributed by atoms with E-state index in [1.54, 1.807) is 37.6 Å². The predicted molar refractivity (Wildman–Crippen MR) is 81.8 cm³/mol. The number of para-hydroxylation sites is 1. The Balaban J connectivity index is 1.68. The predicted octanol–water partition coefficient (Wildman–Crippen LogP) is 2.92. The third-order valence-corrected chi connectivity index (χ3v) is 3.30. The van der Waals surface area contributed by atoms with Gasteiger partial charge in [0.2, 0.25) is 0 Å². The van der Waals surface area contributed by atoms with Crippen LogP contribution in [0.5, 0.6) is 5.75 Å². The van der Waals surface area contributed by atoms with Crippen LogP contribution in [-0.4, -0.2) is 24.0 Å². The van der Waals surface area contributed by atoms with Crippen LogP contribution < -0.4 is 15.4 Å². The molecule has 21 heavy (non-hydrogen) atoms. The number of methoxy groups -OCH3 is 1. The van der Waals surface area contributed by atoms with Gasteiger partial charge < -0.3 is 15.4 Å². The molecule has 0 saturated heterocycles. The first kappa shape index (κ1) is 13.4. The lowest BCUT2D eigenvalue weighted by atomic mass is 10.2. The Kier molecular flexibility index (Phi) is 3.73. The van der Waals surface area contributed by atoms with Crippen LogP contribution in [-0.2, 0) is 0 Å². The molecule has 1 fully saturated rings. The van der Waals surface area contributed by atoms with Crippen molar-refractivity contribution < 1.29 is 9.53 Å². The molecule has 1 aliphatic carbocycles. The van der Waals surface area contributed by atoms with E-state index in [-0.39, 0.29) is 5.91 Å². The third kappa shape index (κ3) is 3.31. The quantitative estimate of drug-likeness (QED) is 0.885. The highest BCUT2D eigenvalue weighted by Crippen LogP contribution is 2.24. The van der Waals surface area contributed by atoms with E-state index in [1.165, 1.54) is 12.8 Å². The van der Waals surface area contributed by atoms with E-state index in [1.807, 2.05) is 12.1 Å². The van der Waals surface area contributed by atoms with Crippen LogP contribution in [0.15, 0.2) is 42.6 Å². The van der Waals surface area contributed by atoms with Gasteiger partial charge in [-0.3, -0.25) is 4.79 Å². The molecule has 0 unspecified atom stereocenters. The van der Waals surface area contributed by atoms with Crippen molar-refractivity contribution in [3.05, 3.63) is 48.2 Å². The normalized spacial score (nSPS) is 13.6. The summed E-state index contributed by atoms with van der Waals surface area (Å²) in [5.74, 6) is 0.831. The number of carbonyl (C=O) groups excluding carboxylic acids is 1. The number of pyridine rings is 1. The van der Waals surface area contributed by atoms with E-state index >= 15 is 0 Å². The van der Waals surface area contributed by atoms with Gasteiger partial charge in [-0.1, -0.05) is 12.1 Å². The van der Waals surface area contributed by atoms with Gasteiger partial charge in [0, 0.05) is 6.04 Å². The largest absolute Gasteiger partial charge is 0.496 e. The second kappa shape index (κ2) is 5.83. The molecule has 0 spiro atoms. The number of rotatable bonds is 5. The van der Waals surface area contributed by atoms with Crippen molar-refractivity contribution >= 4 is 17.4 Å². The summed E-state index contributed by atoms with van der Waals surface area (Å²) in [7, 11) is 1.54. The molecule has 1 aromatic carbocycles. The number of carbonyl (C=O) groups is 1. The van der Waals surface area contributed by atoms with Gasteiger partial charge in [0.05, 0.1) is 24.6 Å². The highest BCUT2D eigenvalue weighted by molar-refractivity contribution is 6.05. The van der Waals surface area contributed by atoms with Crippen molar-refractivity contribution in [2.24, 2.45) is 0 Å². The molecule has 0 radical (unpaired) electrons. The van der Waals surface area contributed by atoms with Gasteiger partial charge in [0.25, 0.3) is 5.91 Å². The monoisotopic (exact) mass is 283 g/mol. The van der Waals surface area contributed by atoms with Crippen molar-refractivity contribution in [2.45, 2.75) is 18.9 Å². The molecule has 5 nitrogen and oxygen atoms in total. The van der Waals surface area contributed by atoms with Gasteiger partial charge in [0.1, 0.15) is 11.6 Å². The maximum absolute atomic E-state index is 12.2. The molecule has 2 aromatic rings. The lowest BCUT2D eigenvalue weighted by Gasteiger charge is -2.09. The topological polar surface area (TPSA) is 63.2 Å². The molecule has 0 bridgehead atoms. The third-order valence-electron chi connectivity index (χ3n) is 3.30. The Hall–Kier alpha value is -2.56. The summed E-state index contributed by atoms with van der Waals surface area (Å²) in [5, 5.41) is 6.12. The van der Waals surface area contributed by atoms with Gasteiger partial charge >= 0.3 is 0 Å². The van der Waals surface area contributed by atoms with Crippen LogP contribution >= 0.6 is 0 Å². The molecular weight excluding hydrogens is 266 g/mol. The summed E-state index contributed by atoms with van der Waals surface area (Å²) in [6.45, 7) is 0. The fourth-order valence-corrected chi connectivity index (χ4v) is 2.03. The first-order valence-electron chi connectivity index (χ1n) is 6.93. The number of hydrogen-bond donors (Lipinski definition) is 2. The molecule has 1 amide bonds. The first-order valence-corrected chi connectivity index (χ1v) is 6.93. The zero-order valence-corrected chi connectivity index (χ0v) is 11.8. The second-order valence-corrected chi connectivity index (χ2v) is 5.01. The number of hydrogen-bond acceptors (Lipinski definition) is 4. The molecule has 1 saturated carbocycles. The number of anilines is 2. The summed E-state index contributed by atoms with van der Waals surface area (Å²) in [4.78, 5) is 16.5. The summed E-state index contributed by atoms with van der Waals surface area (Å²) in [6, 6.07) is 11.4. The number of benzene rings is 1. The summed E-state index contributed by atoms with van der Waals surface area (Å²) in [6.07, 6.45) is 4.16. The molecule has 0 aliphatic heterocycles. The van der Waals surface area contributed by atoms with Crippen LogP contribution in [0, 0.1) is 0 Å². The lowest BCUT2D eigenvalue weighted by Crippen LogP contribution is -2.14. The van der Waals surface area contributed by atoms with Crippen molar-refractivity contribution in [3.63, 3.8) is 0 Å². The summed E-state index contributed by atoms with van der Waals surface area (Å²) < 4.78 is 5.18. The van der Waals surface area contributed by atoms with Gasteiger partial charge in [-0.05, 0) is 37.1 Å². The van der Waals surface area contributed by atoms with Crippen LogP contribution in [0.25, 0.3) is 0 Å². The van der Waals surface area contributed by atoms with Gasteiger partial charge in [-0.15, -0.1) is 0 Å². The smallest absolute Gasteiger partial charge is 0.260 e. The number of nitrogens with zero attached hydrogens (tertiary/aromatic N) is 1. The van der Waals surface area contributed by atoms with E-state index in [0.717, 1.165) is 5.69 Å².